The van der Waals surface area contributed by atoms with Crippen LogP contribution in [0.1, 0.15) is 47.0 Å². The van der Waals surface area contributed by atoms with Crippen molar-refractivity contribution in [1.82, 2.24) is 19.7 Å². The van der Waals surface area contributed by atoms with E-state index in [0.717, 1.165) is 12.2 Å². The first-order valence-corrected chi connectivity index (χ1v) is 9.31. The molecule has 0 bridgehead atoms. The molecule has 2 heterocycles. The number of H-pyrrole nitrogens is 1. The van der Waals surface area contributed by atoms with Crippen LogP contribution in [0.15, 0.2) is 11.0 Å². The first-order valence-electron chi connectivity index (χ1n) is 8.27. The molecule has 1 fully saturated rings. The molecule has 2 aromatic rings. The van der Waals surface area contributed by atoms with Crippen LogP contribution in [-0.4, -0.2) is 36.8 Å². The Morgan fingerprint density at radius 2 is 2.22 bits per heavy atom. The smallest absolute Gasteiger partial charge is 0.263 e. The Labute approximate surface area is 140 Å². The molecule has 23 heavy (non-hydrogen) atoms. The van der Waals surface area contributed by atoms with Crippen molar-refractivity contribution in [2.45, 2.75) is 63.8 Å². The molecule has 2 aromatic heterocycles. The molecule has 0 unspecified atom stereocenters. The number of anilines is 1. The highest BCUT2D eigenvalue weighted by Gasteiger charge is 2.28. The maximum atomic E-state index is 12.3. The van der Waals surface area contributed by atoms with Gasteiger partial charge in [0.1, 0.15) is 5.39 Å². The van der Waals surface area contributed by atoms with Crippen LogP contribution in [0.4, 0.5) is 5.95 Å². The van der Waals surface area contributed by atoms with E-state index in [1.54, 1.807) is 6.20 Å². The van der Waals surface area contributed by atoms with E-state index in [1.165, 1.54) is 12.8 Å². The standard InChI is InChI=1S/C16H25N5OS/c1-5-23-12-8-6-7-11(12)18-15-19-13-10(14(22)20-15)9-17-21(13)16(2,3)4/h9,11-12H,5-8H2,1-4H3,(H2,18,19,20,22)/t11-,12+/m1/s1. The van der Waals surface area contributed by atoms with Gasteiger partial charge in [-0.15, -0.1) is 0 Å². The van der Waals surface area contributed by atoms with Crippen LogP contribution in [0.2, 0.25) is 0 Å². The third-order valence-electron chi connectivity index (χ3n) is 4.23. The summed E-state index contributed by atoms with van der Waals surface area (Å²) in [5.41, 5.74) is 0.292. The number of nitrogens with one attached hydrogen (secondary N) is 2. The highest BCUT2D eigenvalue weighted by molar-refractivity contribution is 7.99. The van der Waals surface area contributed by atoms with Crippen molar-refractivity contribution in [2.24, 2.45) is 0 Å². The van der Waals surface area contributed by atoms with Gasteiger partial charge in [0.25, 0.3) is 5.56 Å². The lowest BCUT2D eigenvalue weighted by molar-refractivity contribution is 0.366. The third kappa shape index (κ3) is 3.24. The van der Waals surface area contributed by atoms with Crippen LogP contribution in [0.25, 0.3) is 11.0 Å². The van der Waals surface area contributed by atoms with Crippen molar-refractivity contribution in [2.75, 3.05) is 11.1 Å². The lowest BCUT2D eigenvalue weighted by Crippen LogP contribution is -2.29. The molecule has 6 nitrogen and oxygen atoms in total. The Bertz CT molecular complexity index is 745. The van der Waals surface area contributed by atoms with Crippen molar-refractivity contribution in [1.29, 1.82) is 0 Å². The molecule has 0 aromatic carbocycles. The van der Waals surface area contributed by atoms with Gasteiger partial charge >= 0.3 is 0 Å². The van der Waals surface area contributed by atoms with E-state index in [0.29, 0.717) is 28.3 Å². The lowest BCUT2D eigenvalue weighted by Gasteiger charge is -2.22. The molecule has 2 atom stereocenters. The third-order valence-corrected chi connectivity index (χ3v) is 5.55. The van der Waals surface area contributed by atoms with Gasteiger partial charge in [-0.3, -0.25) is 9.78 Å². The summed E-state index contributed by atoms with van der Waals surface area (Å²) in [4.78, 5) is 19.8. The number of nitrogens with zero attached hydrogens (tertiary/aromatic N) is 3. The number of thioether (sulfide) groups is 1. The highest BCUT2D eigenvalue weighted by Crippen LogP contribution is 2.31. The van der Waals surface area contributed by atoms with Gasteiger partial charge in [-0.05, 0) is 39.4 Å². The second-order valence-corrected chi connectivity index (χ2v) is 8.57. The first kappa shape index (κ1) is 16.4. The molecule has 0 radical (unpaired) electrons. The van der Waals surface area contributed by atoms with E-state index in [-0.39, 0.29) is 11.1 Å². The van der Waals surface area contributed by atoms with Gasteiger partial charge < -0.3 is 5.32 Å². The monoisotopic (exact) mass is 335 g/mol. The summed E-state index contributed by atoms with van der Waals surface area (Å²) in [5.74, 6) is 1.67. The van der Waals surface area contributed by atoms with Crippen LogP contribution < -0.4 is 10.9 Å². The molecule has 1 aliphatic rings. The number of aromatic nitrogens is 4. The summed E-state index contributed by atoms with van der Waals surface area (Å²) in [5, 5.41) is 8.93. The highest BCUT2D eigenvalue weighted by atomic mass is 32.2. The maximum Gasteiger partial charge on any atom is 0.263 e. The van der Waals surface area contributed by atoms with E-state index in [4.69, 9.17) is 0 Å². The van der Waals surface area contributed by atoms with Crippen molar-refractivity contribution in [3.8, 4) is 0 Å². The van der Waals surface area contributed by atoms with E-state index in [9.17, 15) is 4.79 Å². The van der Waals surface area contributed by atoms with Gasteiger partial charge in [-0.2, -0.15) is 21.8 Å². The normalized spacial score (nSPS) is 21.9. The predicted octanol–water partition coefficient (Wildman–Crippen LogP) is 2.96. The van der Waals surface area contributed by atoms with Gasteiger partial charge in [0.2, 0.25) is 5.95 Å². The van der Waals surface area contributed by atoms with Crippen LogP contribution >= 0.6 is 11.8 Å². The Kier molecular flexibility index (Phi) is 4.40. The molecule has 0 aliphatic heterocycles. The lowest BCUT2D eigenvalue weighted by atomic mass is 10.1. The summed E-state index contributed by atoms with van der Waals surface area (Å²) < 4.78 is 1.82. The number of rotatable bonds is 4. The first-order chi connectivity index (χ1) is 10.9. The number of aromatic amines is 1. The van der Waals surface area contributed by atoms with Crippen LogP contribution in [0.5, 0.6) is 0 Å². The zero-order chi connectivity index (χ0) is 16.6. The minimum atomic E-state index is -0.215. The van der Waals surface area contributed by atoms with Crippen molar-refractivity contribution >= 4 is 28.7 Å². The zero-order valence-corrected chi connectivity index (χ0v) is 15.0. The van der Waals surface area contributed by atoms with Crippen molar-refractivity contribution in [3.63, 3.8) is 0 Å². The van der Waals surface area contributed by atoms with E-state index >= 15 is 0 Å². The number of hydrogen-bond donors (Lipinski definition) is 2. The fraction of sp³-hybridized carbons (Fsp3) is 0.688. The second kappa shape index (κ2) is 6.19. The number of fused-ring (bicyclic) bond motifs is 1. The SMILES string of the molecule is CCS[C@H]1CCC[C@H]1Nc1nc2c(cnn2C(C)(C)C)c(=O)[nH]1. The second-order valence-electron chi connectivity index (χ2n) is 7.05. The van der Waals surface area contributed by atoms with Gasteiger partial charge in [-0.25, -0.2) is 4.68 Å². The van der Waals surface area contributed by atoms with Crippen molar-refractivity contribution < 1.29 is 0 Å². The molecule has 7 heteroatoms. The molecule has 2 N–H and O–H groups in total. The Morgan fingerprint density at radius 1 is 1.43 bits per heavy atom. The van der Waals surface area contributed by atoms with Crippen LogP contribution in [0.3, 0.4) is 0 Å². The maximum absolute atomic E-state index is 12.3. The van der Waals surface area contributed by atoms with Crippen molar-refractivity contribution in [3.05, 3.63) is 16.6 Å². The van der Waals surface area contributed by atoms with Crippen LogP contribution in [0, 0.1) is 0 Å². The predicted molar refractivity (Wildman–Crippen MR) is 96.3 cm³/mol. The molecular formula is C16H25N5OS. The average molecular weight is 335 g/mol. The fourth-order valence-corrected chi connectivity index (χ4v) is 4.36. The van der Waals surface area contributed by atoms with Gasteiger partial charge in [0.15, 0.2) is 5.65 Å². The van der Waals surface area contributed by atoms with E-state index < -0.39 is 0 Å². The topological polar surface area (TPSA) is 75.6 Å². The summed E-state index contributed by atoms with van der Waals surface area (Å²) in [7, 11) is 0. The molecule has 0 amide bonds. The van der Waals surface area contributed by atoms with E-state index in [2.05, 4.69) is 48.1 Å². The summed E-state index contributed by atoms with van der Waals surface area (Å²) >= 11 is 1.98. The Morgan fingerprint density at radius 3 is 2.91 bits per heavy atom. The van der Waals surface area contributed by atoms with Gasteiger partial charge in [0.05, 0.1) is 11.7 Å². The van der Waals surface area contributed by atoms with Gasteiger partial charge in [0, 0.05) is 11.3 Å². The average Bonchev–Trinajstić information content (AvgIpc) is 3.06. The molecule has 3 rings (SSSR count). The Hall–Kier alpha value is -1.50. The van der Waals surface area contributed by atoms with Crippen LogP contribution in [-0.2, 0) is 5.54 Å². The molecular weight excluding hydrogens is 310 g/mol. The summed E-state index contributed by atoms with van der Waals surface area (Å²) in [6.07, 6.45) is 5.17. The molecule has 126 valence electrons. The fourth-order valence-electron chi connectivity index (χ4n) is 3.16. The summed E-state index contributed by atoms with van der Waals surface area (Å²) in [6.45, 7) is 8.36. The number of hydrogen-bond acceptors (Lipinski definition) is 5. The van der Waals surface area contributed by atoms with Gasteiger partial charge in [-0.1, -0.05) is 13.3 Å². The quantitative estimate of drug-likeness (QED) is 0.898. The molecule has 1 aliphatic carbocycles. The van der Waals surface area contributed by atoms with E-state index in [1.807, 2.05) is 16.4 Å². The largest absolute Gasteiger partial charge is 0.352 e. The zero-order valence-electron chi connectivity index (χ0n) is 14.2. The Balaban J connectivity index is 1.94. The molecule has 1 saturated carbocycles. The summed E-state index contributed by atoms with van der Waals surface area (Å²) in [6, 6.07) is 0.367. The minimum Gasteiger partial charge on any atom is -0.352 e. The molecule has 0 saturated heterocycles. The molecule has 0 spiro atoms. The minimum absolute atomic E-state index is 0.134.